The molecule has 0 radical (unpaired) electrons. The number of anilines is 1. The van der Waals surface area contributed by atoms with Gasteiger partial charge in [-0.05, 0) is 84.8 Å². The minimum absolute atomic E-state index is 0.0275. The van der Waals surface area contributed by atoms with E-state index in [9.17, 15) is 24.6 Å². The number of nitrogens with zero attached hydrogens (tertiary/aromatic N) is 1. The molecule has 2 amide bonds. The van der Waals surface area contributed by atoms with Crippen LogP contribution in [0.1, 0.15) is 52.7 Å². The Labute approximate surface area is 299 Å². The molecule has 52 heavy (non-hydrogen) atoms. The van der Waals surface area contributed by atoms with Gasteiger partial charge in [0.25, 0.3) is 0 Å². The Morgan fingerprint density at radius 2 is 1.56 bits per heavy atom. The lowest BCUT2D eigenvalue weighted by atomic mass is 9.44. The summed E-state index contributed by atoms with van der Waals surface area (Å²) in [6.45, 7) is 2.08. The third kappa shape index (κ3) is 4.87. The van der Waals surface area contributed by atoms with E-state index in [0.29, 0.717) is 22.3 Å². The van der Waals surface area contributed by atoms with Gasteiger partial charge in [-0.15, -0.1) is 0 Å². The molecule has 9 heteroatoms. The molecule has 9 nitrogen and oxygen atoms in total. The number of hydrogen-bond acceptors (Lipinski definition) is 7. The molecule has 0 unspecified atom stereocenters. The largest absolute Gasteiger partial charge is 0.504 e. The molecule has 0 bridgehead atoms. The maximum absolute atomic E-state index is 15.2. The lowest BCUT2D eigenvalue weighted by Gasteiger charge is -2.55. The maximum atomic E-state index is 15.2. The fourth-order valence-electron chi connectivity index (χ4n) is 9.24. The third-order valence-corrected chi connectivity index (χ3v) is 11.4. The smallest absolute Gasteiger partial charge is 0.335 e. The summed E-state index contributed by atoms with van der Waals surface area (Å²) in [5.74, 6) is -6.01. The van der Waals surface area contributed by atoms with Crippen molar-refractivity contribution in [1.82, 2.24) is 0 Å². The van der Waals surface area contributed by atoms with Crippen molar-refractivity contribution in [2.75, 3.05) is 11.5 Å². The molecule has 260 valence electrons. The molecule has 4 aliphatic rings. The van der Waals surface area contributed by atoms with Crippen molar-refractivity contribution in [3.8, 4) is 11.5 Å². The topological polar surface area (TPSA) is 138 Å². The summed E-state index contributed by atoms with van der Waals surface area (Å²) in [5, 5.41) is 20.2. The standard InChI is InChI=1S/C43H35NO8/c1-2-52-35-21-26(15-20-34(35)45)38-29-18-19-30-37(41(49)44(40(30)48)28-16-13-25(14-17-28)42(50)51)32(29)22-33-39(47)31(24-9-5-3-6-10-24)23-36(46)43(33,38)27-11-7-4-8-12-27/h3-18,20-21,23,30,32-33,37-38,45H,2,19,22H2,1H3,(H,50,51)/t30-,32+,33-,37-,38-,43-/m0/s1. The van der Waals surface area contributed by atoms with E-state index in [0.717, 1.165) is 10.5 Å². The average molecular weight is 694 g/mol. The summed E-state index contributed by atoms with van der Waals surface area (Å²) < 4.78 is 5.81. The quantitative estimate of drug-likeness (QED) is 0.165. The maximum Gasteiger partial charge on any atom is 0.335 e. The molecule has 4 aromatic rings. The van der Waals surface area contributed by atoms with Crippen molar-refractivity contribution in [2.45, 2.75) is 31.1 Å². The van der Waals surface area contributed by atoms with Crippen LogP contribution >= 0.6 is 0 Å². The van der Waals surface area contributed by atoms with Crippen LogP contribution in [0.25, 0.3) is 5.57 Å². The number of aromatic hydroxyl groups is 1. The summed E-state index contributed by atoms with van der Waals surface area (Å²) in [7, 11) is 0. The van der Waals surface area contributed by atoms with Gasteiger partial charge in [-0.1, -0.05) is 78.4 Å². The number of carbonyl (C=O) groups is 5. The first-order valence-electron chi connectivity index (χ1n) is 17.4. The monoisotopic (exact) mass is 693 g/mol. The number of carboxylic acids is 1. The third-order valence-electron chi connectivity index (χ3n) is 11.4. The molecule has 1 aliphatic heterocycles. The van der Waals surface area contributed by atoms with Crippen molar-refractivity contribution in [3.63, 3.8) is 0 Å². The number of carboxylic acid groups (broad SMARTS) is 1. The van der Waals surface area contributed by atoms with Gasteiger partial charge in [0.1, 0.15) is 0 Å². The van der Waals surface area contributed by atoms with Crippen LogP contribution in [0.2, 0.25) is 0 Å². The van der Waals surface area contributed by atoms with E-state index >= 15 is 9.59 Å². The summed E-state index contributed by atoms with van der Waals surface area (Å²) >= 11 is 0. The van der Waals surface area contributed by atoms with Gasteiger partial charge in [-0.3, -0.25) is 24.1 Å². The minimum atomic E-state index is -1.41. The summed E-state index contributed by atoms with van der Waals surface area (Å²) in [4.78, 5) is 71.5. The number of phenols is 1. The number of benzene rings is 4. The van der Waals surface area contributed by atoms with Crippen LogP contribution in [0, 0.1) is 23.7 Å². The number of fused-ring (bicyclic) bond motifs is 4. The lowest BCUT2D eigenvalue weighted by Crippen LogP contribution is -2.58. The Balaban J connectivity index is 1.34. The summed E-state index contributed by atoms with van der Waals surface area (Å²) in [6, 6.07) is 29.0. The molecule has 0 spiro atoms. The molecular formula is C43H35NO8. The first kappa shape index (κ1) is 33.1. The van der Waals surface area contributed by atoms with Crippen molar-refractivity contribution in [3.05, 3.63) is 143 Å². The highest BCUT2D eigenvalue weighted by molar-refractivity contribution is 6.32. The molecular weight excluding hydrogens is 658 g/mol. The first-order valence-corrected chi connectivity index (χ1v) is 17.4. The Kier molecular flexibility index (Phi) is 8.01. The van der Waals surface area contributed by atoms with Crippen LogP contribution in [0.4, 0.5) is 5.69 Å². The zero-order valence-corrected chi connectivity index (χ0v) is 28.3. The van der Waals surface area contributed by atoms with Gasteiger partial charge in [0.15, 0.2) is 23.1 Å². The van der Waals surface area contributed by atoms with E-state index in [-0.39, 0.29) is 59.7 Å². The average Bonchev–Trinajstić information content (AvgIpc) is 3.42. The SMILES string of the molecule is CCOc1cc([C@H]2C3=CC[C@@H]4C(=O)N(c5ccc(C(=O)O)cc5)C(=O)[C@@H]4[C@@H]3C[C@H]3C(=O)C(c4ccccc4)=CC(=O)[C@@]23c2ccccc2)ccc1O. The molecule has 2 fully saturated rings. The predicted molar refractivity (Wildman–Crippen MR) is 192 cm³/mol. The summed E-state index contributed by atoms with van der Waals surface area (Å²) in [6.07, 6.45) is 3.83. The Morgan fingerprint density at radius 1 is 0.865 bits per heavy atom. The van der Waals surface area contributed by atoms with Gasteiger partial charge in [0.05, 0.1) is 35.1 Å². The van der Waals surface area contributed by atoms with E-state index in [4.69, 9.17) is 4.74 Å². The number of Topliss-reactive ketones (excluding diaryl/α,β-unsaturated/α-hetero) is 1. The number of allylic oxidation sites excluding steroid dienone is 4. The van der Waals surface area contributed by atoms with Gasteiger partial charge in [-0.25, -0.2) is 4.79 Å². The second-order valence-corrected chi connectivity index (χ2v) is 13.8. The molecule has 8 rings (SSSR count). The van der Waals surface area contributed by atoms with E-state index in [1.165, 1.54) is 36.4 Å². The van der Waals surface area contributed by atoms with Gasteiger partial charge >= 0.3 is 5.97 Å². The first-order chi connectivity index (χ1) is 25.2. The van der Waals surface area contributed by atoms with E-state index in [2.05, 4.69) is 0 Å². The second-order valence-electron chi connectivity index (χ2n) is 13.8. The van der Waals surface area contributed by atoms with E-state index in [1.54, 1.807) is 31.2 Å². The number of aromatic carboxylic acids is 1. The molecule has 1 saturated heterocycles. The number of ether oxygens (including phenoxy) is 1. The van der Waals surface area contributed by atoms with Crippen LogP contribution < -0.4 is 9.64 Å². The number of imide groups is 1. The molecule has 1 saturated carbocycles. The predicted octanol–water partition coefficient (Wildman–Crippen LogP) is 6.52. The number of amides is 2. The summed E-state index contributed by atoms with van der Waals surface area (Å²) in [5.41, 5.74) is 1.90. The van der Waals surface area contributed by atoms with Crippen LogP contribution in [0.5, 0.6) is 11.5 Å². The molecule has 4 aromatic carbocycles. The van der Waals surface area contributed by atoms with E-state index in [1.807, 2.05) is 54.6 Å². The Bertz CT molecular complexity index is 2210. The number of rotatable bonds is 7. The molecule has 1 heterocycles. The van der Waals surface area contributed by atoms with E-state index < -0.39 is 46.9 Å². The fourth-order valence-corrected chi connectivity index (χ4v) is 9.24. The highest BCUT2D eigenvalue weighted by atomic mass is 16.5. The number of phenolic OH excluding ortho intramolecular Hbond substituents is 1. The van der Waals surface area contributed by atoms with Crippen molar-refractivity contribution in [2.24, 2.45) is 23.7 Å². The van der Waals surface area contributed by atoms with Crippen LogP contribution in [-0.2, 0) is 24.6 Å². The van der Waals surface area contributed by atoms with Gasteiger partial charge in [-0.2, -0.15) is 0 Å². The minimum Gasteiger partial charge on any atom is -0.504 e. The van der Waals surface area contributed by atoms with Crippen LogP contribution in [0.3, 0.4) is 0 Å². The Hall–Kier alpha value is -6.09. The number of ketones is 2. The normalized spacial score (nSPS) is 26.6. The Morgan fingerprint density at radius 3 is 2.23 bits per heavy atom. The van der Waals surface area contributed by atoms with Crippen molar-refractivity contribution < 1.29 is 38.9 Å². The van der Waals surface area contributed by atoms with Crippen LogP contribution in [-0.4, -0.2) is 46.2 Å². The molecule has 0 aromatic heterocycles. The molecule has 3 aliphatic carbocycles. The van der Waals surface area contributed by atoms with Gasteiger partial charge in [0, 0.05) is 17.4 Å². The van der Waals surface area contributed by atoms with Crippen molar-refractivity contribution >= 4 is 40.6 Å². The number of hydrogen-bond donors (Lipinski definition) is 2. The van der Waals surface area contributed by atoms with Crippen molar-refractivity contribution in [1.29, 1.82) is 0 Å². The zero-order chi connectivity index (χ0) is 36.3. The molecule has 2 N–H and O–H groups in total. The van der Waals surface area contributed by atoms with Gasteiger partial charge < -0.3 is 14.9 Å². The highest BCUT2D eigenvalue weighted by Crippen LogP contribution is 2.64. The second kappa shape index (κ2) is 12.6. The zero-order valence-electron chi connectivity index (χ0n) is 28.3. The highest BCUT2D eigenvalue weighted by Gasteiger charge is 2.66. The lowest BCUT2D eigenvalue weighted by molar-refractivity contribution is -0.135. The molecule has 6 atom stereocenters. The fraction of sp³-hybridized carbons (Fsp3) is 0.233. The number of carbonyl (C=O) groups excluding carboxylic acids is 4. The van der Waals surface area contributed by atoms with Gasteiger partial charge in [0.2, 0.25) is 11.8 Å². The van der Waals surface area contributed by atoms with Crippen LogP contribution in [0.15, 0.2) is 121 Å².